The maximum atomic E-state index is 12.4. The van der Waals surface area contributed by atoms with E-state index in [0.29, 0.717) is 5.92 Å². The number of fused-ring (bicyclic) bond motifs is 1. The first-order valence-electron chi connectivity index (χ1n) is 7.66. The number of hydrogen-bond acceptors (Lipinski definition) is 3. The van der Waals surface area contributed by atoms with Gasteiger partial charge in [0.05, 0.1) is 5.69 Å². The zero-order valence-corrected chi connectivity index (χ0v) is 12.2. The molecule has 1 aliphatic heterocycles. The van der Waals surface area contributed by atoms with Crippen molar-refractivity contribution in [3.63, 3.8) is 0 Å². The van der Waals surface area contributed by atoms with Crippen molar-refractivity contribution >= 4 is 5.91 Å². The Kier molecular flexibility index (Phi) is 4.05. The van der Waals surface area contributed by atoms with Crippen molar-refractivity contribution in [1.82, 2.24) is 15.1 Å². The molecule has 1 atom stereocenters. The molecule has 0 spiro atoms. The van der Waals surface area contributed by atoms with Crippen LogP contribution in [-0.4, -0.2) is 35.4 Å². The highest BCUT2D eigenvalue weighted by molar-refractivity contribution is 5.94. The molecule has 3 rings (SSSR count). The van der Waals surface area contributed by atoms with E-state index in [1.165, 1.54) is 18.4 Å². The van der Waals surface area contributed by atoms with Crippen molar-refractivity contribution < 1.29 is 9.53 Å². The summed E-state index contributed by atoms with van der Waals surface area (Å²) in [4.78, 5) is 12.4. The van der Waals surface area contributed by atoms with Gasteiger partial charge in [0.1, 0.15) is 5.69 Å². The molecule has 1 fully saturated rings. The average Bonchev–Trinajstić information content (AvgIpc) is 3.04. The molecular formula is C15H23N3O2. The zero-order chi connectivity index (χ0) is 13.9. The van der Waals surface area contributed by atoms with Crippen LogP contribution >= 0.6 is 0 Å². The molecule has 2 aliphatic rings. The van der Waals surface area contributed by atoms with Crippen molar-refractivity contribution in [2.24, 2.45) is 13.0 Å². The number of carbonyl (C=O) groups excluding carboxylic acids is 1. The van der Waals surface area contributed by atoms with E-state index in [1.54, 1.807) is 4.68 Å². The molecule has 1 aromatic heterocycles. The van der Waals surface area contributed by atoms with E-state index in [9.17, 15) is 4.79 Å². The largest absolute Gasteiger partial charge is 0.381 e. The highest BCUT2D eigenvalue weighted by atomic mass is 16.5. The van der Waals surface area contributed by atoms with Crippen LogP contribution in [0.3, 0.4) is 0 Å². The van der Waals surface area contributed by atoms with Gasteiger partial charge in [-0.25, -0.2) is 0 Å². The van der Waals surface area contributed by atoms with E-state index in [-0.39, 0.29) is 5.91 Å². The highest BCUT2D eigenvalue weighted by Gasteiger charge is 2.24. The number of aromatic nitrogens is 2. The van der Waals surface area contributed by atoms with Crippen LogP contribution < -0.4 is 5.32 Å². The predicted molar refractivity (Wildman–Crippen MR) is 75.7 cm³/mol. The fourth-order valence-electron chi connectivity index (χ4n) is 3.25. The number of aryl methyl sites for hydroxylation is 2. The molecule has 0 radical (unpaired) electrons. The predicted octanol–water partition coefficient (Wildman–Crippen LogP) is 1.46. The lowest BCUT2D eigenvalue weighted by molar-refractivity contribution is 0.0940. The van der Waals surface area contributed by atoms with E-state index in [2.05, 4.69) is 10.4 Å². The summed E-state index contributed by atoms with van der Waals surface area (Å²) in [6.07, 6.45) is 6.48. The Bertz CT molecular complexity index is 490. The Morgan fingerprint density at radius 3 is 3.10 bits per heavy atom. The first-order chi connectivity index (χ1) is 9.75. The van der Waals surface area contributed by atoms with Crippen molar-refractivity contribution in [2.45, 2.75) is 38.5 Å². The molecule has 1 N–H and O–H groups in total. The lowest BCUT2D eigenvalue weighted by Crippen LogP contribution is -2.29. The van der Waals surface area contributed by atoms with Gasteiger partial charge in [-0.3, -0.25) is 9.48 Å². The number of hydrogen-bond donors (Lipinski definition) is 1. The first kappa shape index (κ1) is 13.6. The maximum Gasteiger partial charge on any atom is 0.269 e. The fraction of sp³-hybridized carbons (Fsp3) is 0.733. The summed E-state index contributed by atoms with van der Waals surface area (Å²) in [5, 5.41) is 7.54. The van der Waals surface area contributed by atoms with Crippen molar-refractivity contribution in [1.29, 1.82) is 0 Å². The Labute approximate surface area is 119 Å². The Balaban J connectivity index is 1.60. The van der Waals surface area contributed by atoms with Crippen LogP contribution in [0.4, 0.5) is 0 Å². The smallest absolute Gasteiger partial charge is 0.269 e. The van der Waals surface area contributed by atoms with Gasteiger partial charge in [0.25, 0.3) is 5.91 Å². The molecule has 2 heterocycles. The minimum Gasteiger partial charge on any atom is -0.381 e. The molecule has 0 unspecified atom stereocenters. The minimum absolute atomic E-state index is 0.0297. The standard InChI is InChI=1S/C15H23N3O2/c1-18-14(12-4-2-3-5-13(12)17-18)15(19)16-8-6-11-7-9-20-10-11/h11H,2-10H2,1H3,(H,16,19)/t11-/m1/s1. The second-order valence-electron chi connectivity index (χ2n) is 5.88. The number of ether oxygens (including phenoxy) is 1. The molecule has 20 heavy (non-hydrogen) atoms. The van der Waals surface area contributed by atoms with Crippen LogP contribution in [0, 0.1) is 5.92 Å². The third kappa shape index (κ3) is 2.73. The molecule has 1 aliphatic carbocycles. The number of nitrogens with zero attached hydrogens (tertiary/aromatic N) is 2. The van der Waals surface area contributed by atoms with E-state index >= 15 is 0 Å². The summed E-state index contributed by atoms with van der Waals surface area (Å²) in [6, 6.07) is 0. The molecule has 0 aromatic carbocycles. The van der Waals surface area contributed by atoms with Gasteiger partial charge in [0.2, 0.25) is 0 Å². The molecular weight excluding hydrogens is 254 g/mol. The number of nitrogens with one attached hydrogen (secondary N) is 1. The van der Waals surface area contributed by atoms with E-state index in [0.717, 1.165) is 56.8 Å². The number of rotatable bonds is 4. The quantitative estimate of drug-likeness (QED) is 0.906. The van der Waals surface area contributed by atoms with Gasteiger partial charge >= 0.3 is 0 Å². The summed E-state index contributed by atoms with van der Waals surface area (Å²) in [6.45, 7) is 2.44. The van der Waals surface area contributed by atoms with E-state index in [1.807, 2.05) is 7.05 Å². The van der Waals surface area contributed by atoms with Gasteiger partial charge in [0, 0.05) is 32.4 Å². The topological polar surface area (TPSA) is 56.2 Å². The molecule has 5 nitrogen and oxygen atoms in total. The van der Waals surface area contributed by atoms with Crippen LogP contribution in [0.1, 0.15) is 47.4 Å². The summed E-state index contributed by atoms with van der Waals surface area (Å²) in [7, 11) is 1.87. The molecule has 0 saturated carbocycles. The first-order valence-corrected chi connectivity index (χ1v) is 7.66. The van der Waals surface area contributed by atoms with Crippen LogP contribution in [0.5, 0.6) is 0 Å². The van der Waals surface area contributed by atoms with Gasteiger partial charge in [-0.15, -0.1) is 0 Å². The lowest BCUT2D eigenvalue weighted by atomic mass is 9.95. The van der Waals surface area contributed by atoms with Crippen molar-refractivity contribution in [2.75, 3.05) is 19.8 Å². The summed E-state index contributed by atoms with van der Waals surface area (Å²) in [5.74, 6) is 0.637. The van der Waals surface area contributed by atoms with Crippen molar-refractivity contribution in [3.8, 4) is 0 Å². The Hall–Kier alpha value is -1.36. The van der Waals surface area contributed by atoms with Crippen LogP contribution in [0.25, 0.3) is 0 Å². The van der Waals surface area contributed by atoms with Crippen LogP contribution in [0.2, 0.25) is 0 Å². The Morgan fingerprint density at radius 1 is 1.45 bits per heavy atom. The third-order valence-electron chi connectivity index (χ3n) is 4.40. The van der Waals surface area contributed by atoms with Gasteiger partial charge < -0.3 is 10.1 Å². The average molecular weight is 277 g/mol. The lowest BCUT2D eigenvalue weighted by Gasteiger charge is -2.12. The summed E-state index contributed by atoms with van der Waals surface area (Å²) >= 11 is 0. The molecule has 1 saturated heterocycles. The SMILES string of the molecule is Cn1nc2c(c1C(=O)NCC[C@@H]1CCOC1)CCCC2. The monoisotopic (exact) mass is 277 g/mol. The fourth-order valence-corrected chi connectivity index (χ4v) is 3.25. The van der Waals surface area contributed by atoms with E-state index < -0.39 is 0 Å². The molecule has 0 bridgehead atoms. The van der Waals surface area contributed by atoms with Crippen LogP contribution in [0.15, 0.2) is 0 Å². The molecule has 110 valence electrons. The number of amides is 1. The second-order valence-corrected chi connectivity index (χ2v) is 5.88. The van der Waals surface area contributed by atoms with Crippen molar-refractivity contribution in [3.05, 3.63) is 17.0 Å². The summed E-state index contributed by atoms with van der Waals surface area (Å²) < 4.78 is 7.11. The minimum atomic E-state index is 0.0297. The zero-order valence-electron chi connectivity index (χ0n) is 12.2. The van der Waals surface area contributed by atoms with Gasteiger partial charge in [0.15, 0.2) is 0 Å². The van der Waals surface area contributed by atoms with Gasteiger partial charge in [-0.1, -0.05) is 0 Å². The van der Waals surface area contributed by atoms with Crippen LogP contribution in [-0.2, 0) is 24.6 Å². The second kappa shape index (κ2) is 5.95. The van der Waals surface area contributed by atoms with Gasteiger partial charge in [-0.05, 0) is 44.4 Å². The summed E-state index contributed by atoms with van der Waals surface area (Å²) in [5.41, 5.74) is 3.05. The normalized spacial score (nSPS) is 21.8. The molecule has 1 aromatic rings. The molecule has 1 amide bonds. The third-order valence-corrected chi connectivity index (χ3v) is 4.40. The number of carbonyl (C=O) groups is 1. The Morgan fingerprint density at radius 2 is 2.30 bits per heavy atom. The highest BCUT2D eigenvalue weighted by Crippen LogP contribution is 2.23. The van der Waals surface area contributed by atoms with Gasteiger partial charge in [-0.2, -0.15) is 5.10 Å². The molecule has 5 heteroatoms. The maximum absolute atomic E-state index is 12.4. The van der Waals surface area contributed by atoms with E-state index in [4.69, 9.17) is 4.74 Å².